The maximum Gasteiger partial charge on any atom is 0.226 e. The van der Waals surface area contributed by atoms with Gasteiger partial charge in [0.2, 0.25) is 5.91 Å². The second-order valence-corrected chi connectivity index (χ2v) is 15.5. The van der Waals surface area contributed by atoms with Crippen LogP contribution in [0.3, 0.4) is 0 Å². The first kappa shape index (κ1) is 22.9. The van der Waals surface area contributed by atoms with Crippen LogP contribution in [-0.4, -0.2) is 20.0 Å². The van der Waals surface area contributed by atoms with Crippen molar-refractivity contribution in [1.82, 2.24) is 5.32 Å². The van der Waals surface area contributed by atoms with Crippen molar-refractivity contribution < 1.29 is 4.79 Å². The first-order valence-electron chi connectivity index (χ1n) is 11.6. The maximum atomic E-state index is 12.9. The lowest BCUT2D eigenvalue weighted by atomic mass is 9.73. The van der Waals surface area contributed by atoms with Gasteiger partial charge in [-0.15, -0.1) is 0 Å². The number of nitrogens with one attached hydrogen (secondary N) is 1. The third-order valence-corrected chi connectivity index (χ3v) is 12.9. The molecule has 1 N–H and O–H groups in total. The van der Waals surface area contributed by atoms with E-state index in [-0.39, 0.29) is 23.8 Å². The topological polar surface area (TPSA) is 29.1 Å². The molecule has 1 heterocycles. The molecule has 1 aliphatic rings. The zero-order chi connectivity index (χ0) is 22.7. The zero-order valence-electron chi connectivity index (χ0n) is 19.4. The lowest BCUT2D eigenvalue weighted by Crippen LogP contribution is -2.66. The number of carbonyl (C=O) groups excluding carboxylic acids is 1. The van der Waals surface area contributed by atoms with Crippen LogP contribution in [0.15, 0.2) is 94.7 Å². The molecule has 0 aromatic heterocycles. The highest BCUT2D eigenvalue weighted by atomic mass is 32.2. The van der Waals surface area contributed by atoms with E-state index in [0.717, 1.165) is 6.42 Å². The molecule has 0 bridgehead atoms. The Balaban J connectivity index is 1.62. The summed E-state index contributed by atoms with van der Waals surface area (Å²) in [6.45, 7) is 9.46. The molecule has 1 saturated heterocycles. The van der Waals surface area contributed by atoms with Crippen LogP contribution in [0, 0.1) is 5.92 Å². The fourth-order valence-corrected chi connectivity index (χ4v) is 8.83. The molecule has 1 amide bonds. The molecule has 3 aromatic rings. The minimum absolute atomic E-state index is 0.0306. The van der Waals surface area contributed by atoms with Crippen molar-refractivity contribution in [2.75, 3.05) is 0 Å². The SMILES string of the molecule is CCC(c1ccccc1Sc1ccccc1)C1C(=O)NC1C(C)[Si](C)(C)c1ccccc1. The first-order chi connectivity index (χ1) is 15.4. The van der Waals surface area contributed by atoms with Gasteiger partial charge in [-0.2, -0.15) is 0 Å². The Hall–Kier alpha value is -2.30. The van der Waals surface area contributed by atoms with Gasteiger partial charge in [0.1, 0.15) is 0 Å². The Morgan fingerprint density at radius 3 is 2.12 bits per heavy atom. The van der Waals surface area contributed by atoms with Gasteiger partial charge < -0.3 is 5.32 Å². The monoisotopic (exact) mass is 459 g/mol. The van der Waals surface area contributed by atoms with Crippen molar-refractivity contribution in [3.8, 4) is 0 Å². The molecule has 0 radical (unpaired) electrons. The van der Waals surface area contributed by atoms with Crippen molar-refractivity contribution in [1.29, 1.82) is 0 Å². The number of benzene rings is 3. The van der Waals surface area contributed by atoms with Crippen LogP contribution in [0.1, 0.15) is 31.7 Å². The molecule has 0 aliphatic carbocycles. The third-order valence-electron chi connectivity index (χ3n) is 7.36. The summed E-state index contributed by atoms with van der Waals surface area (Å²) in [6.07, 6.45) is 0.959. The van der Waals surface area contributed by atoms with E-state index in [1.54, 1.807) is 11.8 Å². The highest BCUT2D eigenvalue weighted by Gasteiger charge is 2.51. The number of rotatable bonds is 8. The summed E-state index contributed by atoms with van der Waals surface area (Å²) in [7, 11) is -1.74. The van der Waals surface area contributed by atoms with Gasteiger partial charge >= 0.3 is 0 Å². The van der Waals surface area contributed by atoms with Gasteiger partial charge in [0.25, 0.3) is 0 Å². The van der Waals surface area contributed by atoms with E-state index in [4.69, 9.17) is 0 Å². The summed E-state index contributed by atoms with van der Waals surface area (Å²) < 4.78 is 0. The van der Waals surface area contributed by atoms with E-state index in [1.165, 1.54) is 20.5 Å². The molecule has 4 rings (SSSR count). The van der Waals surface area contributed by atoms with Gasteiger partial charge in [0.15, 0.2) is 0 Å². The first-order valence-corrected chi connectivity index (χ1v) is 15.5. The van der Waals surface area contributed by atoms with E-state index in [9.17, 15) is 4.79 Å². The molecular weight excluding hydrogens is 426 g/mol. The summed E-state index contributed by atoms with van der Waals surface area (Å²) >= 11 is 1.80. The predicted molar refractivity (Wildman–Crippen MR) is 138 cm³/mol. The van der Waals surface area contributed by atoms with E-state index in [0.29, 0.717) is 5.54 Å². The molecule has 0 spiro atoms. The van der Waals surface area contributed by atoms with Gasteiger partial charge in [0.05, 0.1) is 14.0 Å². The second-order valence-electron chi connectivity index (χ2n) is 9.40. The second kappa shape index (κ2) is 9.68. The Morgan fingerprint density at radius 2 is 1.50 bits per heavy atom. The lowest BCUT2D eigenvalue weighted by molar-refractivity contribution is -0.136. The quantitative estimate of drug-likeness (QED) is 0.310. The van der Waals surface area contributed by atoms with Crippen LogP contribution in [-0.2, 0) is 4.79 Å². The van der Waals surface area contributed by atoms with Gasteiger partial charge in [-0.05, 0) is 41.6 Å². The van der Waals surface area contributed by atoms with Crippen LogP contribution in [0.5, 0.6) is 0 Å². The van der Waals surface area contributed by atoms with Crippen molar-refractivity contribution >= 4 is 30.9 Å². The van der Waals surface area contributed by atoms with Crippen molar-refractivity contribution in [2.45, 2.75) is 60.7 Å². The minimum Gasteiger partial charge on any atom is -0.352 e. The van der Waals surface area contributed by atoms with E-state index in [1.807, 2.05) is 6.07 Å². The summed E-state index contributed by atoms with van der Waals surface area (Å²) in [4.78, 5) is 15.4. The molecule has 1 aliphatic heterocycles. The molecular formula is C28H33NOSSi. The average Bonchev–Trinajstić information content (AvgIpc) is 2.82. The third kappa shape index (κ3) is 4.44. The summed E-state index contributed by atoms with van der Waals surface area (Å²) in [5, 5.41) is 4.77. The number of carbonyl (C=O) groups is 1. The standard InChI is InChI=1S/C28H33NOSSi/c1-5-23(24-18-12-13-19-25(24)31-21-14-8-6-9-15-21)26-27(29-28(26)30)20(2)32(3,4)22-16-10-7-11-17-22/h6-20,23,26-27H,5H2,1-4H3,(H,29,30). The molecule has 3 aromatic carbocycles. The summed E-state index contributed by atoms with van der Waals surface area (Å²) in [6, 6.07) is 30.3. The van der Waals surface area contributed by atoms with Crippen molar-refractivity contribution in [3.63, 3.8) is 0 Å². The highest BCUT2D eigenvalue weighted by Crippen LogP contribution is 2.45. The maximum absolute atomic E-state index is 12.9. The normalized spacial score (nSPS) is 20.2. The predicted octanol–water partition coefficient (Wildman–Crippen LogP) is 6.45. The molecule has 4 heteroatoms. The average molecular weight is 460 g/mol. The molecule has 4 atom stereocenters. The number of amides is 1. The van der Waals surface area contributed by atoms with Crippen LogP contribution in [0.2, 0.25) is 18.6 Å². The summed E-state index contributed by atoms with van der Waals surface area (Å²) in [5.41, 5.74) is 1.76. The molecule has 32 heavy (non-hydrogen) atoms. The molecule has 1 fully saturated rings. The Bertz CT molecular complexity index is 1050. The molecule has 0 saturated carbocycles. The lowest BCUT2D eigenvalue weighted by Gasteiger charge is -2.49. The largest absolute Gasteiger partial charge is 0.352 e. The number of β-lactam (4-membered cyclic amide) rings is 1. The van der Waals surface area contributed by atoms with Gasteiger partial charge in [0, 0.05) is 15.8 Å². The number of hydrogen-bond donors (Lipinski definition) is 1. The number of hydrogen-bond acceptors (Lipinski definition) is 2. The van der Waals surface area contributed by atoms with Crippen LogP contribution < -0.4 is 10.5 Å². The van der Waals surface area contributed by atoms with Gasteiger partial charge in [-0.3, -0.25) is 4.79 Å². The molecule has 166 valence electrons. The molecule has 2 nitrogen and oxygen atoms in total. The Kier molecular flexibility index (Phi) is 6.92. The van der Waals surface area contributed by atoms with Crippen LogP contribution in [0.25, 0.3) is 0 Å². The fourth-order valence-electron chi connectivity index (χ4n) is 5.03. The Morgan fingerprint density at radius 1 is 0.906 bits per heavy atom. The minimum atomic E-state index is -1.74. The van der Waals surface area contributed by atoms with Crippen molar-refractivity contribution in [3.05, 3.63) is 90.5 Å². The van der Waals surface area contributed by atoms with Crippen molar-refractivity contribution in [2.24, 2.45) is 5.92 Å². The van der Waals surface area contributed by atoms with Gasteiger partial charge in [-0.25, -0.2) is 0 Å². The van der Waals surface area contributed by atoms with Crippen LogP contribution in [0.4, 0.5) is 0 Å². The smallest absolute Gasteiger partial charge is 0.226 e. The molecule has 4 unspecified atom stereocenters. The summed E-state index contributed by atoms with van der Waals surface area (Å²) in [5.74, 6) is 0.471. The van der Waals surface area contributed by atoms with E-state index >= 15 is 0 Å². The highest BCUT2D eigenvalue weighted by molar-refractivity contribution is 7.99. The fraction of sp³-hybridized carbons (Fsp3) is 0.321. The van der Waals surface area contributed by atoms with Gasteiger partial charge in [-0.1, -0.05) is 111 Å². The Labute approximate surface area is 197 Å². The zero-order valence-corrected chi connectivity index (χ0v) is 21.2. The van der Waals surface area contributed by atoms with E-state index < -0.39 is 8.07 Å². The van der Waals surface area contributed by atoms with E-state index in [2.05, 4.69) is 111 Å². The van der Waals surface area contributed by atoms with Crippen LogP contribution >= 0.6 is 11.8 Å².